The molecule has 0 bridgehead atoms. The second-order valence-electron chi connectivity index (χ2n) is 9.69. The van der Waals surface area contributed by atoms with Gasteiger partial charge in [-0.05, 0) is 92.9 Å². The van der Waals surface area contributed by atoms with E-state index in [0.29, 0.717) is 17.4 Å². The van der Waals surface area contributed by atoms with Crippen molar-refractivity contribution in [2.24, 2.45) is 0 Å². The van der Waals surface area contributed by atoms with Crippen LogP contribution in [0.2, 0.25) is 0 Å². The smallest absolute Gasteiger partial charge is 0.255 e. The normalized spacial score (nSPS) is 16.1. The summed E-state index contributed by atoms with van der Waals surface area (Å²) in [5.74, 6) is 0.846. The van der Waals surface area contributed by atoms with Gasteiger partial charge in [0.1, 0.15) is 0 Å². The fourth-order valence-electron chi connectivity index (χ4n) is 4.76. The van der Waals surface area contributed by atoms with Crippen LogP contribution in [-0.2, 0) is 0 Å². The van der Waals surface area contributed by atoms with Crippen LogP contribution in [0.3, 0.4) is 0 Å². The monoisotopic (exact) mass is 492 g/mol. The van der Waals surface area contributed by atoms with E-state index in [4.69, 9.17) is 0 Å². The van der Waals surface area contributed by atoms with E-state index in [1.807, 2.05) is 55.5 Å². The summed E-state index contributed by atoms with van der Waals surface area (Å²) in [6.07, 6.45) is 8.94. The summed E-state index contributed by atoms with van der Waals surface area (Å²) in [7, 11) is 2.20. The van der Waals surface area contributed by atoms with Crippen molar-refractivity contribution in [2.45, 2.75) is 32.1 Å². The second kappa shape index (κ2) is 11.3. The zero-order valence-electron chi connectivity index (χ0n) is 21.3. The number of carbonyl (C=O) groups excluding carboxylic acids is 1. The van der Waals surface area contributed by atoms with Crippen LogP contribution in [0, 0.1) is 6.92 Å². The summed E-state index contributed by atoms with van der Waals surface area (Å²) in [4.78, 5) is 28.6. The van der Waals surface area contributed by atoms with E-state index in [1.165, 1.54) is 31.4 Å². The molecule has 0 radical (unpaired) electrons. The Bertz CT molecular complexity index is 1360. The lowest BCUT2D eigenvalue weighted by atomic mass is 9.94. The summed E-state index contributed by atoms with van der Waals surface area (Å²) >= 11 is 0. The first-order valence-electron chi connectivity index (χ1n) is 12.8. The van der Waals surface area contributed by atoms with Gasteiger partial charge < -0.3 is 15.5 Å². The largest absolute Gasteiger partial charge is 0.324 e. The van der Waals surface area contributed by atoms with Crippen molar-refractivity contribution in [3.05, 3.63) is 95.9 Å². The van der Waals surface area contributed by atoms with E-state index >= 15 is 0 Å². The molecule has 0 aliphatic carbocycles. The highest BCUT2D eigenvalue weighted by molar-refractivity contribution is 6.05. The van der Waals surface area contributed by atoms with Crippen LogP contribution in [0.1, 0.15) is 46.7 Å². The van der Waals surface area contributed by atoms with Crippen molar-refractivity contribution in [3.63, 3.8) is 0 Å². The van der Waals surface area contributed by atoms with Gasteiger partial charge in [-0.15, -0.1) is 0 Å². The van der Waals surface area contributed by atoms with E-state index in [1.54, 1.807) is 18.6 Å². The summed E-state index contributed by atoms with van der Waals surface area (Å²) in [6, 6.07) is 19.6. The van der Waals surface area contributed by atoms with Gasteiger partial charge in [-0.1, -0.05) is 24.6 Å². The Kier molecular flexibility index (Phi) is 7.51. The SMILES string of the molecule is Cc1ccc(C(=O)Nc2ccc(C3CCCCN(C)C3)cc2)cc1Nc1nccc(-c2cccnc2)n1. The van der Waals surface area contributed by atoms with Crippen LogP contribution in [0.4, 0.5) is 17.3 Å². The molecular weight excluding hydrogens is 460 g/mol. The average molecular weight is 493 g/mol. The van der Waals surface area contributed by atoms with Crippen molar-refractivity contribution < 1.29 is 4.79 Å². The number of aryl methyl sites for hydroxylation is 1. The number of likely N-dealkylation sites (tertiary alicyclic amines) is 1. The Balaban J connectivity index is 1.28. The van der Waals surface area contributed by atoms with Gasteiger partial charge in [0.15, 0.2) is 0 Å². The molecule has 0 saturated carbocycles. The number of nitrogens with one attached hydrogen (secondary N) is 2. The van der Waals surface area contributed by atoms with Gasteiger partial charge in [-0.3, -0.25) is 9.78 Å². The maximum atomic E-state index is 13.1. The molecule has 0 spiro atoms. The Morgan fingerprint density at radius 3 is 2.70 bits per heavy atom. The van der Waals surface area contributed by atoms with E-state index < -0.39 is 0 Å². The molecule has 7 nitrogen and oxygen atoms in total. The Morgan fingerprint density at radius 1 is 1.03 bits per heavy atom. The molecule has 1 saturated heterocycles. The summed E-state index contributed by atoms with van der Waals surface area (Å²) in [5.41, 5.74) is 6.14. The first-order valence-corrected chi connectivity index (χ1v) is 12.8. The maximum absolute atomic E-state index is 13.1. The molecule has 1 amide bonds. The number of rotatable bonds is 6. The van der Waals surface area contributed by atoms with Gasteiger partial charge in [0, 0.05) is 47.6 Å². The van der Waals surface area contributed by atoms with Gasteiger partial charge in [-0.25, -0.2) is 9.97 Å². The fraction of sp³-hybridized carbons (Fsp3) is 0.267. The van der Waals surface area contributed by atoms with Crippen molar-refractivity contribution >= 4 is 23.2 Å². The molecule has 1 fully saturated rings. The first-order chi connectivity index (χ1) is 18.0. The van der Waals surface area contributed by atoms with Crippen molar-refractivity contribution in [3.8, 4) is 11.3 Å². The number of amides is 1. The minimum absolute atomic E-state index is 0.157. The third-order valence-corrected chi connectivity index (χ3v) is 6.87. The Hall–Kier alpha value is -4.10. The fourth-order valence-corrected chi connectivity index (χ4v) is 4.76. The van der Waals surface area contributed by atoms with Crippen LogP contribution < -0.4 is 10.6 Å². The number of carbonyl (C=O) groups is 1. The van der Waals surface area contributed by atoms with E-state index in [2.05, 4.69) is 49.7 Å². The number of aromatic nitrogens is 3. The molecule has 5 rings (SSSR count). The van der Waals surface area contributed by atoms with Crippen molar-refractivity contribution in [1.29, 1.82) is 0 Å². The number of hydrogen-bond donors (Lipinski definition) is 2. The predicted molar refractivity (Wildman–Crippen MR) is 148 cm³/mol. The number of hydrogen-bond acceptors (Lipinski definition) is 6. The summed E-state index contributed by atoms with van der Waals surface area (Å²) in [6.45, 7) is 4.23. The molecule has 3 heterocycles. The topological polar surface area (TPSA) is 83.0 Å². The van der Waals surface area contributed by atoms with Crippen LogP contribution in [0.25, 0.3) is 11.3 Å². The standard InChI is InChI=1S/C30H32N6O/c1-21-8-9-23(18-28(21)35-30-32-16-14-27(34-30)24-7-5-15-31-19-24)29(37)33-26-12-10-22(11-13-26)25-6-3-4-17-36(2)20-25/h5,7-16,18-19,25H,3-4,6,17,20H2,1-2H3,(H,33,37)(H,32,34,35). The number of pyridine rings is 1. The van der Waals surface area contributed by atoms with Gasteiger partial charge in [0.05, 0.1) is 5.69 Å². The minimum atomic E-state index is -0.157. The zero-order valence-corrected chi connectivity index (χ0v) is 21.3. The lowest BCUT2D eigenvalue weighted by Crippen LogP contribution is -2.23. The summed E-state index contributed by atoms with van der Waals surface area (Å²) < 4.78 is 0. The minimum Gasteiger partial charge on any atom is -0.324 e. The lowest BCUT2D eigenvalue weighted by molar-refractivity contribution is 0.102. The van der Waals surface area contributed by atoms with Gasteiger partial charge in [-0.2, -0.15) is 0 Å². The molecule has 188 valence electrons. The third-order valence-electron chi connectivity index (χ3n) is 6.87. The van der Waals surface area contributed by atoms with Crippen molar-refractivity contribution in [2.75, 3.05) is 30.8 Å². The van der Waals surface area contributed by atoms with Crippen LogP contribution in [-0.4, -0.2) is 45.9 Å². The molecule has 1 atom stereocenters. The molecule has 7 heteroatoms. The summed E-state index contributed by atoms with van der Waals surface area (Å²) in [5, 5.41) is 6.30. The van der Waals surface area contributed by atoms with Gasteiger partial charge in [0.2, 0.25) is 5.95 Å². The number of benzene rings is 2. The van der Waals surface area contributed by atoms with Crippen LogP contribution in [0.15, 0.2) is 79.3 Å². The first kappa shape index (κ1) is 24.6. The molecular formula is C30H32N6O. The second-order valence-corrected chi connectivity index (χ2v) is 9.69. The van der Waals surface area contributed by atoms with Crippen molar-refractivity contribution in [1.82, 2.24) is 19.9 Å². The third kappa shape index (κ3) is 6.19. The quantitative estimate of drug-likeness (QED) is 0.341. The maximum Gasteiger partial charge on any atom is 0.255 e. The molecule has 1 aliphatic heterocycles. The number of likely N-dealkylation sites (N-methyl/N-ethyl adjacent to an activating group) is 1. The van der Waals surface area contributed by atoms with Crippen LogP contribution >= 0.6 is 0 Å². The Morgan fingerprint density at radius 2 is 1.89 bits per heavy atom. The highest BCUT2D eigenvalue weighted by Gasteiger charge is 2.17. The van der Waals surface area contributed by atoms with E-state index in [9.17, 15) is 4.79 Å². The van der Waals surface area contributed by atoms with E-state index in [0.717, 1.165) is 34.7 Å². The molecule has 4 aromatic rings. The van der Waals surface area contributed by atoms with E-state index in [-0.39, 0.29) is 5.91 Å². The molecule has 2 N–H and O–H groups in total. The molecule has 1 aliphatic rings. The molecule has 37 heavy (non-hydrogen) atoms. The van der Waals surface area contributed by atoms with Gasteiger partial charge >= 0.3 is 0 Å². The molecule has 2 aromatic carbocycles. The molecule has 1 unspecified atom stereocenters. The number of anilines is 3. The lowest BCUT2D eigenvalue weighted by Gasteiger charge is -2.20. The zero-order chi connectivity index (χ0) is 25.6. The van der Waals surface area contributed by atoms with Crippen LogP contribution in [0.5, 0.6) is 0 Å². The average Bonchev–Trinajstić information content (AvgIpc) is 3.15. The van der Waals surface area contributed by atoms with Gasteiger partial charge in [0.25, 0.3) is 5.91 Å². The predicted octanol–water partition coefficient (Wildman–Crippen LogP) is 6.04. The number of nitrogens with zero attached hydrogens (tertiary/aromatic N) is 4. The Labute approximate surface area is 218 Å². The highest BCUT2D eigenvalue weighted by atomic mass is 16.1. The molecule has 2 aromatic heterocycles. The highest BCUT2D eigenvalue weighted by Crippen LogP contribution is 2.27.